The summed E-state index contributed by atoms with van der Waals surface area (Å²) in [5.41, 5.74) is 0.754. The molecule has 0 aliphatic heterocycles. The fraction of sp³-hybridized carbons (Fsp3) is 0.432. The molecule has 0 saturated heterocycles. The predicted molar refractivity (Wildman–Crippen MR) is 181 cm³/mol. The van der Waals surface area contributed by atoms with E-state index in [1.54, 1.807) is 12.0 Å². The Kier molecular flexibility index (Phi) is 12.4. The molecule has 0 aliphatic carbocycles. The third-order valence-electron chi connectivity index (χ3n) is 8.11. The molecule has 0 aliphatic rings. The minimum atomic E-state index is -2.61. The van der Waals surface area contributed by atoms with E-state index >= 15 is 0 Å². The van der Waals surface area contributed by atoms with Gasteiger partial charge in [-0.3, -0.25) is 4.79 Å². The number of ether oxygens (including phenoxy) is 2. The van der Waals surface area contributed by atoms with Gasteiger partial charge < -0.3 is 18.8 Å². The summed E-state index contributed by atoms with van der Waals surface area (Å²) in [6.07, 6.45) is 5.60. The van der Waals surface area contributed by atoms with E-state index in [2.05, 4.69) is 107 Å². The lowest BCUT2D eigenvalue weighted by Crippen LogP contribution is -2.66. The SMILES string of the molecule is COc1ccc(COCC[C@@](C)(/C=C/[C@H](C)CO[Si](c2ccccc2)(c2ccccc2)C(C)(C)C)CC(=O)N(C)C)cc1. The van der Waals surface area contributed by atoms with Crippen LogP contribution >= 0.6 is 0 Å². The highest BCUT2D eigenvalue weighted by atomic mass is 28.4. The summed E-state index contributed by atoms with van der Waals surface area (Å²) in [5.74, 6) is 1.10. The first-order chi connectivity index (χ1) is 20.4. The van der Waals surface area contributed by atoms with Crippen LogP contribution in [-0.2, 0) is 20.6 Å². The van der Waals surface area contributed by atoms with Gasteiger partial charge in [-0.15, -0.1) is 0 Å². The van der Waals surface area contributed by atoms with Crippen LogP contribution in [0.1, 0.15) is 53.0 Å². The largest absolute Gasteiger partial charge is 0.497 e. The number of carbonyl (C=O) groups is 1. The Morgan fingerprint density at radius 1 is 0.884 bits per heavy atom. The highest BCUT2D eigenvalue weighted by molar-refractivity contribution is 6.99. The third-order valence-corrected chi connectivity index (χ3v) is 13.1. The number of hydrogen-bond acceptors (Lipinski definition) is 4. The van der Waals surface area contributed by atoms with E-state index in [1.807, 2.05) is 38.4 Å². The first-order valence-corrected chi connectivity index (χ1v) is 17.2. The quantitative estimate of drug-likeness (QED) is 0.109. The normalized spacial score (nSPS) is 14.3. The van der Waals surface area contributed by atoms with Crippen LogP contribution in [0.15, 0.2) is 97.1 Å². The molecule has 0 unspecified atom stereocenters. The van der Waals surface area contributed by atoms with Gasteiger partial charge in [0.05, 0.1) is 13.7 Å². The fourth-order valence-corrected chi connectivity index (χ4v) is 10.1. The molecular weight excluding hydrogens is 550 g/mol. The van der Waals surface area contributed by atoms with Crippen LogP contribution in [-0.4, -0.2) is 53.5 Å². The summed E-state index contributed by atoms with van der Waals surface area (Å²) < 4.78 is 18.5. The van der Waals surface area contributed by atoms with Gasteiger partial charge >= 0.3 is 0 Å². The maximum absolute atomic E-state index is 12.8. The summed E-state index contributed by atoms with van der Waals surface area (Å²) in [4.78, 5) is 14.5. The third kappa shape index (κ3) is 9.39. The molecule has 2 atom stereocenters. The Hall–Kier alpha value is -3.19. The first-order valence-electron chi connectivity index (χ1n) is 15.3. The molecule has 6 heteroatoms. The number of benzene rings is 3. The molecule has 0 fully saturated rings. The van der Waals surface area contributed by atoms with Crippen molar-refractivity contribution in [1.29, 1.82) is 0 Å². The Balaban J connectivity index is 1.76. The number of allylic oxidation sites excluding steroid dienone is 1. The van der Waals surface area contributed by atoms with E-state index in [9.17, 15) is 4.79 Å². The monoisotopic (exact) mass is 601 g/mol. The summed E-state index contributed by atoms with van der Waals surface area (Å²) in [7, 11) is 2.67. The summed E-state index contributed by atoms with van der Waals surface area (Å²) in [6.45, 7) is 12.9. The van der Waals surface area contributed by atoms with Gasteiger partial charge in [-0.05, 0) is 50.9 Å². The van der Waals surface area contributed by atoms with Gasteiger partial charge in [0.15, 0.2) is 0 Å². The number of methoxy groups -OCH3 is 1. The van der Waals surface area contributed by atoms with Gasteiger partial charge in [0, 0.05) is 33.7 Å². The van der Waals surface area contributed by atoms with Gasteiger partial charge in [-0.1, -0.05) is 120 Å². The van der Waals surface area contributed by atoms with E-state index in [0.29, 0.717) is 26.2 Å². The zero-order chi connectivity index (χ0) is 31.5. The van der Waals surface area contributed by atoms with Crippen LogP contribution in [0.25, 0.3) is 0 Å². The molecule has 3 aromatic rings. The molecule has 3 aromatic carbocycles. The topological polar surface area (TPSA) is 48.0 Å². The number of amides is 1. The zero-order valence-corrected chi connectivity index (χ0v) is 28.4. The summed E-state index contributed by atoms with van der Waals surface area (Å²) >= 11 is 0. The number of hydrogen-bond donors (Lipinski definition) is 0. The molecular formula is C37H51NO4Si. The van der Waals surface area contributed by atoms with Crippen molar-refractivity contribution in [2.75, 3.05) is 34.4 Å². The van der Waals surface area contributed by atoms with Crippen molar-refractivity contribution in [2.24, 2.45) is 11.3 Å². The minimum absolute atomic E-state index is 0.0764. The van der Waals surface area contributed by atoms with Gasteiger partial charge in [-0.2, -0.15) is 0 Å². The molecule has 0 N–H and O–H groups in total. The molecule has 3 rings (SSSR count). The van der Waals surface area contributed by atoms with E-state index < -0.39 is 8.32 Å². The van der Waals surface area contributed by atoms with Crippen LogP contribution in [0.5, 0.6) is 5.75 Å². The standard InChI is InChI=1S/C37H51NO4Si/c1-30(28-42-43(36(2,3)4,33-15-11-9-12-16-33)34-17-13-10-14-18-34)23-24-37(5,27-35(39)38(6)7)25-26-41-29-31-19-21-32(40-8)22-20-31/h9-24,30H,25-29H2,1-8H3/b24-23+/t30-,37+/m0/s1. The van der Waals surface area contributed by atoms with Crippen molar-refractivity contribution >= 4 is 24.6 Å². The maximum atomic E-state index is 12.8. The maximum Gasteiger partial charge on any atom is 0.261 e. The molecule has 0 saturated carbocycles. The second-order valence-corrected chi connectivity index (χ2v) is 17.4. The summed E-state index contributed by atoms with van der Waals surface area (Å²) in [6, 6.07) is 29.4. The molecule has 232 valence electrons. The smallest absolute Gasteiger partial charge is 0.261 e. The highest BCUT2D eigenvalue weighted by Gasteiger charge is 2.50. The average molecular weight is 602 g/mol. The molecule has 5 nitrogen and oxygen atoms in total. The Morgan fingerprint density at radius 3 is 1.93 bits per heavy atom. The van der Waals surface area contributed by atoms with E-state index in [-0.39, 0.29) is 22.3 Å². The molecule has 1 amide bonds. The molecule has 0 bridgehead atoms. The van der Waals surface area contributed by atoms with Crippen molar-refractivity contribution in [3.05, 3.63) is 103 Å². The van der Waals surface area contributed by atoms with Crippen molar-refractivity contribution in [3.63, 3.8) is 0 Å². The van der Waals surface area contributed by atoms with Crippen LogP contribution in [0, 0.1) is 11.3 Å². The summed E-state index contributed by atoms with van der Waals surface area (Å²) in [5, 5.41) is 2.48. The Bertz CT molecular complexity index is 1250. The second kappa shape index (κ2) is 15.5. The van der Waals surface area contributed by atoms with Gasteiger partial charge in [0.25, 0.3) is 8.32 Å². The lowest BCUT2D eigenvalue weighted by molar-refractivity contribution is -0.130. The van der Waals surface area contributed by atoms with Crippen LogP contribution in [0.3, 0.4) is 0 Å². The van der Waals surface area contributed by atoms with Gasteiger partial charge in [-0.25, -0.2) is 0 Å². The van der Waals surface area contributed by atoms with Crippen LogP contribution in [0.4, 0.5) is 0 Å². The second-order valence-electron chi connectivity index (χ2n) is 13.1. The first kappa shape index (κ1) is 34.3. The molecule has 0 aromatic heterocycles. The van der Waals surface area contributed by atoms with Crippen LogP contribution in [0.2, 0.25) is 5.04 Å². The lowest BCUT2D eigenvalue weighted by atomic mass is 9.82. The van der Waals surface area contributed by atoms with Gasteiger partial charge in [0.1, 0.15) is 5.75 Å². The van der Waals surface area contributed by atoms with Crippen molar-refractivity contribution in [3.8, 4) is 5.75 Å². The predicted octanol–water partition coefficient (Wildman–Crippen LogP) is 6.86. The average Bonchev–Trinajstić information content (AvgIpc) is 2.99. The zero-order valence-electron chi connectivity index (χ0n) is 27.4. The fourth-order valence-electron chi connectivity index (χ4n) is 5.42. The molecule has 43 heavy (non-hydrogen) atoms. The van der Waals surface area contributed by atoms with Crippen molar-refractivity contribution in [2.45, 2.75) is 59.1 Å². The van der Waals surface area contributed by atoms with E-state index in [1.165, 1.54) is 10.4 Å². The Labute approximate surface area is 261 Å². The lowest BCUT2D eigenvalue weighted by Gasteiger charge is -2.43. The number of rotatable bonds is 15. The minimum Gasteiger partial charge on any atom is -0.497 e. The molecule has 0 spiro atoms. The van der Waals surface area contributed by atoms with Gasteiger partial charge in [0.2, 0.25) is 5.91 Å². The van der Waals surface area contributed by atoms with E-state index in [0.717, 1.165) is 17.7 Å². The van der Waals surface area contributed by atoms with Crippen molar-refractivity contribution in [1.82, 2.24) is 4.90 Å². The molecule has 0 radical (unpaired) electrons. The van der Waals surface area contributed by atoms with E-state index in [4.69, 9.17) is 13.9 Å². The number of nitrogens with zero attached hydrogens (tertiary/aromatic N) is 1. The number of carbonyl (C=O) groups excluding carboxylic acids is 1. The highest BCUT2D eigenvalue weighted by Crippen LogP contribution is 2.37. The Morgan fingerprint density at radius 2 is 1.44 bits per heavy atom. The van der Waals surface area contributed by atoms with Crippen molar-refractivity contribution < 1.29 is 18.7 Å². The molecule has 0 heterocycles. The van der Waals surface area contributed by atoms with Crippen LogP contribution < -0.4 is 15.1 Å².